The maximum Gasteiger partial charge on any atom is 0.220 e. The van der Waals surface area contributed by atoms with E-state index in [2.05, 4.69) is 165 Å². The Morgan fingerprint density at radius 2 is 0.609 bits per heavy atom. The second kappa shape index (κ2) is 73.3. The van der Waals surface area contributed by atoms with E-state index in [4.69, 9.17) is 28.4 Å². The second-order valence-corrected chi connectivity index (χ2v) is 31.3. The summed E-state index contributed by atoms with van der Waals surface area (Å²) in [5, 5.41) is 121. The molecule has 0 aromatic rings. The number of aliphatic hydroxyl groups excluding tert-OH is 11. The summed E-state index contributed by atoms with van der Waals surface area (Å²) in [4.78, 5) is 13.5. The molecule has 3 aliphatic rings. The van der Waals surface area contributed by atoms with Gasteiger partial charge in [0.25, 0.3) is 0 Å². The largest absolute Gasteiger partial charge is 0.394 e. The Balaban J connectivity index is 1.36. The third kappa shape index (κ3) is 51.6. The lowest BCUT2D eigenvalue weighted by molar-refractivity contribution is -0.379. The quantitative estimate of drug-likeness (QED) is 0.0199. The number of aliphatic hydroxyl groups is 11. The minimum absolute atomic E-state index is 0.203. The molecule has 3 fully saturated rings. The fraction of sp³-hybridized carbons (Fsp3) is 0.719. The summed E-state index contributed by atoms with van der Waals surface area (Å²) in [7, 11) is 0. The van der Waals surface area contributed by atoms with E-state index in [0.29, 0.717) is 12.8 Å². The number of allylic oxidation sites excluding steroid dienone is 25. The van der Waals surface area contributed by atoms with Gasteiger partial charge in [-0.05, 0) is 116 Å². The van der Waals surface area contributed by atoms with E-state index in [1.165, 1.54) is 154 Å². The van der Waals surface area contributed by atoms with Crippen molar-refractivity contribution in [1.29, 1.82) is 0 Å². The van der Waals surface area contributed by atoms with Gasteiger partial charge >= 0.3 is 0 Å². The third-order valence-electron chi connectivity index (χ3n) is 21.3. The number of carbonyl (C=O) groups is 1. The first kappa shape index (κ1) is 105. The van der Waals surface area contributed by atoms with Gasteiger partial charge in [0.15, 0.2) is 18.9 Å². The summed E-state index contributed by atoms with van der Waals surface area (Å²) < 4.78 is 34.5. The van der Waals surface area contributed by atoms with Gasteiger partial charge in [-0.15, -0.1) is 0 Å². The number of ether oxygens (including phenoxy) is 6. The zero-order valence-electron chi connectivity index (χ0n) is 71.0. The fourth-order valence-electron chi connectivity index (χ4n) is 14.2. The van der Waals surface area contributed by atoms with Gasteiger partial charge in [0, 0.05) is 6.42 Å². The molecule has 3 saturated heterocycles. The van der Waals surface area contributed by atoms with Gasteiger partial charge < -0.3 is 89.9 Å². The van der Waals surface area contributed by atoms with Gasteiger partial charge in [-0.1, -0.05) is 345 Å². The maximum absolute atomic E-state index is 13.5. The molecule has 3 aliphatic heterocycles. The van der Waals surface area contributed by atoms with Crippen LogP contribution in [0.15, 0.2) is 158 Å². The molecule has 19 nitrogen and oxygen atoms in total. The molecule has 17 atom stereocenters. The average Bonchev–Trinajstić information content (AvgIpc) is 0.779. The third-order valence-corrected chi connectivity index (χ3v) is 21.3. The molecule has 0 aromatic carbocycles. The minimum Gasteiger partial charge on any atom is -0.394 e. The average molecular weight is 1620 g/mol. The highest BCUT2D eigenvalue weighted by atomic mass is 16.8. The van der Waals surface area contributed by atoms with Crippen molar-refractivity contribution in [3.05, 3.63) is 158 Å². The summed E-state index contributed by atoms with van der Waals surface area (Å²) in [5.74, 6) is -0.308. The van der Waals surface area contributed by atoms with Crippen molar-refractivity contribution in [2.75, 3.05) is 26.4 Å². The Morgan fingerprint density at radius 3 is 0.974 bits per heavy atom. The minimum atomic E-state index is -1.99. The molecule has 0 aromatic heterocycles. The molecule has 0 radical (unpaired) electrons. The summed E-state index contributed by atoms with van der Waals surface area (Å²) in [6, 6.07) is -1.02. The zero-order valence-corrected chi connectivity index (χ0v) is 71.0. The van der Waals surface area contributed by atoms with Crippen LogP contribution in [-0.4, -0.2) is 193 Å². The SMILES string of the molecule is CC/C=C\C/C=C\C/C=C\C/C=C\C/C=C\C/C=C\C/C=C\C/C=C\C/C=C\C/C=C\C/C=C\CCCCCCCC(=O)NC(COC1OC(CO)C(OC2OC(CO)C(OC3OC(CO)C(O)C(O)C3O)C(O)C2O)C(O)C1O)C(O)/C=C/CC/C=C/CCCCCCCCCCCCCCCCCCCCCCCCCCC. The van der Waals surface area contributed by atoms with Crippen molar-refractivity contribution < 1.29 is 89.4 Å². The molecule has 12 N–H and O–H groups in total. The van der Waals surface area contributed by atoms with E-state index >= 15 is 0 Å². The molecular weight excluding hydrogens is 1460 g/mol. The summed E-state index contributed by atoms with van der Waals surface area (Å²) >= 11 is 0. The van der Waals surface area contributed by atoms with Crippen molar-refractivity contribution in [3.63, 3.8) is 0 Å². The summed E-state index contributed by atoms with van der Waals surface area (Å²) in [6.45, 7) is 1.61. The first-order valence-electron chi connectivity index (χ1n) is 45.2. The lowest BCUT2D eigenvalue weighted by atomic mass is 9.96. The van der Waals surface area contributed by atoms with Crippen LogP contribution in [0, 0.1) is 0 Å². The van der Waals surface area contributed by atoms with Crippen LogP contribution < -0.4 is 5.32 Å². The Hall–Kier alpha value is -4.59. The lowest BCUT2D eigenvalue weighted by Crippen LogP contribution is -2.66. The van der Waals surface area contributed by atoms with Crippen molar-refractivity contribution in [2.45, 2.75) is 413 Å². The van der Waals surface area contributed by atoms with Crippen molar-refractivity contribution >= 4 is 5.91 Å². The fourth-order valence-corrected chi connectivity index (χ4v) is 14.2. The van der Waals surface area contributed by atoms with Crippen LogP contribution in [-0.2, 0) is 33.2 Å². The van der Waals surface area contributed by atoms with Crippen LogP contribution in [0.2, 0.25) is 0 Å². The van der Waals surface area contributed by atoms with E-state index in [-0.39, 0.29) is 18.9 Å². The number of hydrogen-bond acceptors (Lipinski definition) is 18. The van der Waals surface area contributed by atoms with Crippen LogP contribution >= 0.6 is 0 Å². The number of nitrogens with one attached hydrogen (secondary N) is 1. The molecule has 658 valence electrons. The Morgan fingerprint density at radius 1 is 0.322 bits per heavy atom. The topological polar surface area (TPSA) is 307 Å². The Bertz CT molecular complexity index is 2700. The predicted octanol–water partition coefficient (Wildman–Crippen LogP) is 17.5. The van der Waals surface area contributed by atoms with Crippen LogP contribution in [0.1, 0.15) is 309 Å². The number of unbranched alkanes of at least 4 members (excludes halogenated alkanes) is 31. The predicted molar refractivity (Wildman–Crippen MR) is 465 cm³/mol. The summed E-state index contributed by atoms with van der Waals surface area (Å²) in [5.41, 5.74) is 0. The van der Waals surface area contributed by atoms with Gasteiger partial charge in [-0.25, -0.2) is 0 Å². The Labute approximate surface area is 695 Å². The molecule has 0 saturated carbocycles. The van der Waals surface area contributed by atoms with Gasteiger partial charge in [-0.2, -0.15) is 0 Å². The zero-order chi connectivity index (χ0) is 83.1. The monoisotopic (exact) mass is 1620 g/mol. The molecule has 1 amide bonds. The van der Waals surface area contributed by atoms with E-state index in [1.807, 2.05) is 6.08 Å². The number of amides is 1. The normalized spacial score (nSPS) is 25.4. The molecule has 19 heteroatoms. The number of hydrogen-bond donors (Lipinski definition) is 12. The first-order chi connectivity index (χ1) is 56.3. The molecular formula is C96H161NO18. The lowest BCUT2D eigenvalue weighted by Gasteiger charge is -2.48. The van der Waals surface area contributed by atoms with Gasteiger partial charge in [0.05, 0.1) is 38.6 Å². The molecule has 17 unspecified atom stereocenters. The maximum atomic E-state index is 13.5. The standard InChI is InChI=1S/C96H161NO18/c1-3-5-7-9-11-13-15-17-19-21-23-25-27-29-31-33-35-36-37-38-39-40-41-42-44-46-48-50-52-54-56-58-60-62-64-66-68-70-72-74-84(102)97-79(80(101)73-71-69-67-65-63-61-59-57-55-53-51-49-47-45-43-34-32-30-28-26-24-22-20-18-16-14-12-10-8-6-4-2)78-110-94-90(108)87(105)92(82(76-99)112-94)115-96-91(109)88(106)93(83(77-100)113-96)114-95-89(107)86(104)85(103)81(75-98)111-95/h5,7,11,13,17,19,23,25,29,31,35-36,38-39,41-42,46,48,52,54,58,60,63,65,71,73,79-83,85-96,98-101,103-109H,3-4,6,8-10,12,14-16,18,20-22,24,26-28,30,32-34,37,40,43-45,47,49-51,53,55-57,59,61-62,64,66-70,72,74-78H2,1-2H3,(H,97,102)/b7-5-,13-11-,19-17-,25-23-,31-29-,36-35-,39-38-,42-41-,48-46-,54-52-,60-58-,65-63+,73-71+. The highest BCUT2D eigenvalue weighted by molar-refractivity contribution is 5.76. The Kier molecular flexibility index (Phi) is 66.7. The number of rotatable bonds is 71. The van der Waals surface area contributed by atoms with Crippen LogP contribution in [0.4, 0.5) is 0 Å². The van der Waals surface area contributed by atoms with Crippen molar-refractivity contribution in [3.8, 4) is 0 Å². The van der Waals surface area contributed by atoms with Crippen LogP contribution in [0.25, 0.3) is 0 Å². The first-order valence-corrected chi connectivity index (χ1v) is 45.2. The van der Waals surface area contributed by atoms with E-state index in [9.17, 15) is 61.0 Å². The highest BCUT2D eigenvalue weighted by Crippen LogP contribution is 2.33. The molecule has 0 spiro atoms. The van der Waals surface area contributed by atoms with Gasteiger partial charge in [0.1, 0.15) is 73.2 Å². The smallest absolute Gasteiger partial charge is 0.220 e. The molecule has 115 heavy (non-hydrogen) atoms. The molecule has 0 bridgehead atoms. The molecule has 3 heterocycles. The van der Waals surface area contributed by atoms with E-state index in [1.54, 1.807) is 6.08 Å². The van der Waals surface area contributed by atoms with Crippen molar-refractivity contribution in [1.82, 2.24) is 5.32 Å². The highest BCUT2D eigenvalue weighted by Gasteiger charge is 2.54. The van der Waals surface area contributed by atoms with E-state index in [0.717, 1.165) is 122 Å². The van der Waals surface area contributed by atoms with Gasteiger partial charge in [0.2, 0.25) is 5.91 Å². The molecule has 0 aliphatic carbocycles. The van der Waals surface area contributed by atoms with E-state index < -0.39 is 124 Å². The second-order valence-electron chi connectivity index (χ2n) is 31.3. The summed E-state index contributed by atoms with van der Waals surface area (Å²) in [6.07, 6.45) is 82.4. The van der Waals surface area contributed by atoms with Crippen LogP contribution in [0.5, 0.6) is 0 Å². The van der Waals surface area contributed by atoms with Crippen LogP contribution in [0.3, 0.4) is 0 Å². The van der Waals surface area contributed by atoms with Gasteiger partial charge in [-0.3, -0.25) is 4.79 Å². The van der Waals surface area contributed by atoms with Crippen molar-refractivity contribution in [2.24, 2.45) is 0 Å². The molecule has 3 rings (SSSR count). The number of carbonyl (C=O) groups excluding carboxylic acids is 1.